The standard InChI is InChI=1S/C23H36O3.C2H4O2/c1-4-6-7-8-9-10-14-17-22(23(24)25-3)21(18-19-26-5-2)20-15-12-11-13-16-20;1-2(3)4/h11-13,15-16H,4-10,14,17-19H2,1-3H3;1H3,(H,3,4). The zero-order valence-corrected chi connectivity index (χ0v) is 19.2. The molecule has 0 spiro atoms. The minimum atomic E-state index is -0.833. The number of methoxy groups -OCH3 is 1. The molecule has 0 bridgehead atoms. The summed E-state index contributed by atoms with van der Waals surface area (Å²) in [5.74, 6) is -1.04. The van der Waals surface area contributed by atoms with Gasteiger partial charge in [0.05, 0.1) is 13.7 Å². The molecule has 5 heteroatoms. The molecule has 0 fully saturated rings. The maximum Gasteiger partial charge on any atom is 0.334 e. The quantitative estimate of drug-likeness (QED) is 0.218. The number of hydrogen-bond donors (Lipinski definition) is 1. The van der Waals surface area contributed by atoms with Gasteiger partial charge in [-0.2, -0.15) is 0 Å². The van der Waals surface area contributed by atoms with Crippen molar-refractivity contribution in [2.45, 2.75) is 78.6 Å². The lowest BCUT2D eigenvalue weighted by atomic mass is 9.93. The molecule has 0 amide bonds. The van der Waals surface area contributed by atoms with Gasteiger partial charge in [-0.15, -0.1) is 0 Å². The second kappa shape index (κ2) is 18.9. The van der Waals surface area contributed by atoms with Crippen LogP contribution in [-0.4, -0.2) is 37.4 Å². The predicted octanol–water partition coefficient (Wildman–Crippen LogP) is 6.27. The monoisotopic (exact) mass is 420 g/mol. The normalized spacial score (nSPS) is 11.2. The number of carbonyl (C=O) groups is 2. The third-order valence-corrected chi connectivity index (χ3v) is 4.65. The average molecular weight is 421 g/mol. The van der Waals surface area contributed by atoms with Crippen molar-refractivity contribution in [1.29, 1.82) is 0 Å². The molecule has 0 heterocycles. The fourth-order valence-corrected chi connectivity index (χ4v) is 3.19. The van der Waals surface area contributed by atoms with Gasteiger partial charge in [-0.3, -0.25) is 4.79 Å². The van der Waals surface area contributed by atoms with Crippen LogP contribution in [-0.2, 0) is 19.1 Å². The van der Waals surface area contributed by atoms with Crippen LogP contribution >= 0.6 is 0 Å². The van der Waals surface area contributed by atoms with Gasteiger partial charge in [0.25, 0.3) is 5.97 Å². The van der Waals surface area contributed by atoms with Gasteiger partial charge in [0, 0.05) is 19.1 Å². The molecule has 0 radical (unpaired) electrons. The average Bonchev–Trinajstić information content (AvgIpc) is 2.74. The van der Waals surface area contributed by atoms with E-state index in [1.807, 2.05) is 25.1 Å². The smallest absolute Gasteiger partial charge is 0.334 e. The van der Waals surface area contributed by atoms with Crippen LogP contribution in [0.1, 0.15) is 84.1 Å². The highest BCUT2D eigenvalue weighted by Crippen LogP contribution is 2.27. The highest BCUT2D eigenvalue weighted by molar-refractivity contribution is 5.97. The number of benzene rings is 1. The first-order valence-electron chi connectivity index (χ1n) is 11.1. The number of ether oxygens (including phenoxy) is 2. The molecule has 0 aromatic heterocycles. The van der Waals surface area contributed by atoms with Crippen LogP contribution in [0.15, 0.2) is 35.9 Å². The summed E-state index contributed by atoms with van der Waals surface area (Å²) in [5, 5.41) is 7.42. The number of hydrogen-bond acceptors (Lipinski definition) is 4. The van der Waals surface area contributed by atoms with E-state index in [2.05, 4.69) is 19.1 Å². The summed E-state index contributed by atoms with van der Waals surface area (Å²) in [6.45, 7) is 6.62. The van der Waals surface area contributed by atoms with E-state index < -0.39 is 5.97 Å². The van der Waals surface area contributed by atoms with Crippen LogP contribution in [0.2, 0.25) is 0 Å². The fourth-order valence-electron chi connectivity index (χ4n) is 3.19. The van der Waals surface area contributed by atoms with Crippen LogP contribution in [0, 0.1) is 0 Å². The van der Waals surface area contributed by atoms with Crippen molar-refractivity contribution < 1.29 is 24.2 Å². The van der Waals surface area contributed by atoms with Crippen molar-refractivity contribution in [3.63, 3.8) is 0 Å². The summed E-state index contributed by atoms with van der Waals surface area (Å²) < 4.78 is 10.6. The Hall–Kier alpha value is -2.14. The first kappa shape index (κ1) is 27.9. The van der Waals surface area contributed by atoms with Crippen molar-refractivity contribution in [2.24, 2.45) is 0 Å². The summed E-state index contributed by atoms with van der Waals surface area (Å²) in [6.07, 6.45) is 10.2. The molecule has 1 N–H and O–H groups in total. The van der Waals surface area contributed by atoms with Crippen molar-refractivity contribution in [3.8, 4) is 0 Å². The maximum atomic E-state index is 12.4. The first-order valence-corrected chi connectivity index (χ1v) is 11.1. The van der Waals surface area contributed by atoms with Gasteiger partial charge < -0.3 is 14.6 Å². The van der Waals surface area contributed by atoms with Crippen LogP contribution in [0.4, 0.5) is 0 Å². The van der Waals surface area contributed by atoms with Crippen molar-refractivity contribution in [2.75, 3.05) is 20.3 Å². The number of rotatable bonds is 14. The minimum Gasteiger partial charge on any atom is -0.481 e. The van der Waals surface area contributed by atoms with Gasteiger partial charge in [0.1, 0.15) is 0 Å². The van der Waals surface area contributed by atoms with Gasteiger partial charge >= 0.3 is 5.97 Å². The lowest BCUT2D eigenvalue weighted by molar-refractivity contribution is -0.136. The number of unbranched alkanes of at least 4 members (excludes halogenated alkanes) is 6. The Morgan fingerprint density at radius 3 is 2.00 bits per heavy atom. The molecule has 0 saturated carbocycles. The Kier molecular flexibility index (Phi) is 17.5. The van der Waals surface area contributed by atoms with E-state index in [1.165, 1.54) is 39.2 Å². The highest BCUT2D eigenvalue weighted by atomic mass is 16.5. The summed E-state index contributed by atoms with van der Waals surface area (Å²) in [5.41, 5.74) is 2.97. The molecule has 0 aliphatic rings. The maximum absolute atomic E-state index is 12.4. The summed E-state index contributed by atoms with van der Waals surface area (Å²) >= 11 is 0. The SMILES string of the molecule is CC(=O)O.CCCCCCCCCC(C(=O)OC)=C(CCOCC)c1ccccc1. The van der Waals surface area contributed by atoms with E-state index in [0.29, 0.717) is 13.2 Å². The van der Waals surface area contributed by atoms with E-state index in [4.69, 9.17) is 19.4 Å². The Balaban J connectivity index is 0.00000192. The van der Waals surface area contributed by atoms with Crippen LogP contribution in [0.5, 0.6) is 0 Å². The minimum absolute atomic E-state index is 0.202. The van der Waals surface area contributed by atoms with Gasteiger partial charge in [-0.05, 0) is 37.3 Å². The highest BCUT2D eigenvalue weighted by Gasteiger charge is 2.17. The molecule has 0 atom stereocenters. The van der Waals surface area contributed by atoms with Crippen molar-refractivity contribution in [1.82, 2.24) is 0 Å². The molecule has 1 aromatic carbocycles. The molecule has 0 unspecified atom stereocenters. The zero-order valence-electron chi connectivity index (χ0n) is 19.2. The predicted molar refractivity (Wildman–Crippen MR) is 122 cm³/mol. The number of carboxylic acids is 1. The van der Waals surface area contributed by atoms with E-state index in [9.17, 15) is 4.79 Å². The number of carboxylic acid groups (broad SMARTS) is 1. The molecule has 0 aliphatic heterocycles. The summed E-state index contributed by atoms with van der Waals surface area (Å²) in [4.78, 5) is 21.4. The largest absolute Gasteiger partial charge is 0.481 e. The molecule has 0 aliphatic carbocycles. The Morgan fingerprint density at radius 2 is 1.47 bits per heavy atom. The molecule has 0 saturated heterocycles. The first-order chi connectivity index (χ1) is 14.5. The molecule has 170 valence electrons. The van der Waals surface area contributed by atoms with Crippen LogP contribution < -0.4 is 0 Å². The van der Waals surface area contributed by atoms with E-state index in [0.717, 1.165) is 49.3 Å². The lowest BCUT2D eigenvalue weighted by Crippen LogP contribution is -2.09. The van der Waals surface area contributed by atoms with Gasteiger partial charge in [-0.25, -0.2) is 4.79 Å². The number of esters is 1. The molecule has 5 nitrogen and oxygen atoms in total. The molecule has 1 aromatic rings. The summed E-state index contributed by atoms with van der Waals surface area (Å²) in [7, 11) is 1.47. The Labute approximate surface area is 182 Å². The second-order valence-electron chi connectivity index (χ2n) is 7.15. The van der Waals surface area contributed by atoms with Crippen molar-refractivity contribution in [3.05, 3.63) is 41.5 Å². The van der Waals surface area contributed by atoms with Crippen molar-refractivity contribution >= 4 is 17.5 Å². The van der Waals surface area contributed by atoms with Gasteiger partial charge in [-0.1, -0.05) is 75.8 Å². The van der Waals surface area contributed by atoms with E-state index in [-0.39, 0.29) is 5.97 Å². The van der Waals surface area contributed by atoms with Gasteiger partial charge in [0.2, 0.25) is 0 Å². The molecule has 1 rings (SSSR count). The molecular formula is C25H40O5. The van der Waals surface area contributed by atoms with E-state index in [1.54, 1.807) is 0 Å². The fraction of sp³-hybridized carbons (Fsp3) is 0.600. The third-order valence-electron chi connectivity index (χ3n) is 4.65. The number of aliphatic carboxylic acids is 1. The van der Waals surface area contributed by atoms with Crippen LogP contribution in [0.3, 0.4) is 0 Å². The summed E-state index contributed by atoms with van der Waals surface area (Å²) in [6, 6.07) is 10.2. The zero-order chi connectivity index (χ0) is 22.6. The molecular weight excluding hydrogens is 380 g/mol. The second-order valence-corrected chi connectivity index (χ2v) is 7.15. The topological polar surface area (TPSA) is 72.8 Å². The Bertz CT molecular complexity index is 603. The number of carbonyl (C=O) groups excluding carboxylic acids is 1. The lowest BCUT2D eigenvalue weighted by Gasteiger charge is -2.15. The Morgan fingerprint density at radius 1 is 0.900 bits per heavy atom. The van der Waals surface area contributed by atoms with E-state index >= 15 is 0 Å². The third kappa shape index (κ3) is 13.9. The van der Waals surface area contributed by atoms with Gasteiger partial charge in [0.15, 0.2) is 0 Å². The van der Waals surface area contributed by atoms with Crippen LogP contribution in [0.25, 0.3) is 5.57 Å². The molecule has 30 heavy (non-hydrogen) atoms.